The molecule has 8 nitrogen and oxygen atoms in total. The Hall–Kier alpha value is -2.72. The van der Waals surface area contributed by atoms with Gasteiger partial charge in [-0.05, 0) is 94.9 Å². The summed E-state index contributed by atoms with van der Waals surface area (Å²) in [7, 11) is 0. The molecule has 0 aromatic heterocycles. The Morgan fingerprint density at radius 2 is 0.794 bits per heavy atom. The number of carbonyl (C=O) groups is 4. The lowest BCUT2D eigenvalue weighted by Crippen LogP contribution is -2.14. The summed E-state index contributed by atoms with van der Waals surface area (Å²) in [5, 5.41) is 0. The average Bonchev–Trinajstić information content (AvgIpc) is 2.79. The van der Waals surface area contributed by atoms with Gasteiger partial charge in [0.1, 0.15) is 0 Å². The van der Waals surface area contributed by atoms with Crippen LogP contribution in [0.25, 0.3) is 11.1 Å². The third-order valence-corrected chi connectivity index (χ3v) is 5.80. The van der Waals surface area contributed by atoms with Gasteiger partial charge in [-0.1, -0.05) is 0 Å². The molecule has 0 saturated heterocycles. The summed E-state index contributed by atoms with van der Waals surface area (Å²) in [5.74, 6) is -2.65. The Labute approximate surface area is 214 Å². The highest BCUT2D eigenvalue weighted by Gasteiger charge is 2.26. The lowest BCUT2D eigenvalue weighted by Gasteiger charge is -2.17. The van der Waals surface area contributed by atoms with Crippen LogP contribution in [-0.2, 0) is 18.9 Å². The molecule has 0 spiro atoms. The second-order valence-corrected chi connectivity index (χ2v) is 8.35. The minimum absolute atomic E-state index is 0.0365. The maximum atomic E-state index is 12.8. The van der Waals surface area contributed by atoms with Gasteiger partial charge >= 0.3 is 23.9 Å². The van der Waals surface area contributed by atoms with E-state index in [0.717, 1.165) is 0 Å². The van der Waals surface area contributed by atoms with Crippen LogP contribution in [0.4, 0.5) is 0 Å². The van der Waals surface area contributed by atoms with E-state index in [0.29, 0.717) is 8.95 Å². The molecule has 2 rings (SSSR count). The van der Waals surface area contributed by atoms with Gasteiger partial charge < -0.3 is 18.9 Å². The third kappa shape index (κ3) is 6.24. The van der Waals surface area contributed by atoms with Crippen molar-refractivity contribution in [2.45, 2.75) is 27.7 Å². The maximum absolute atomic E-state index is 12.8. The van der Waals surface area contributed by atoms with E-state index in [2.05, 4.69) is 31.9 Å². The van der Waals surface area contributed by atoms with Gasteiger partial charge in [-0.2, -0.15) is 0 Å². The highest BCUT2D eigenvalue weighted by molar-refractivity contribution is 9.10. The quantitative estimate of drug-likeness (QED) is 0.271. The topological polar surface area (TPSA) is 105 Å². The number of hydrogen-bond donors (Lipinski definition) is 0. The predicted molar refractivity (Wildman–Crippen MR) is 131 cm³/mol. The molecule has 0 aliphatic heterocycles. The van der Waals surface area contributed by atoms with Crippen LogP contribution >= 0.6 is 31.9 Å². The van der Waals surface area contributed by atoms with Gasteiger partial charge in [0.15, 0.2) is 0 Å². The molecule has 0 aliphatic carbocycles. The zero-order valence-corrected chi connectivity index (χ0v) is 22.3. The number of halogens is 2. The number of ether oxygens (including phenoxy) is 4. The lowest BCUT2D eigenvalue weighted by molar-refractivity contribution is 0.0504. The van der Waals surface area contributed by atoms with Crippen molar-refractivity contribution in [3.05, 3.63) is 55.5 Å². The van der Waals surface area contributed by atoms with E-state index < -0.39 is 23.9 Å². The van der Waals surface area contributed by atoms with Gasteiger partial charge in [0, 0.05) is 8.95 Å². The predicted octanol–water partition coefficient (Wildman–Crippen LogP) is 5.59. The first-order chi connectivity index (χ1) is 16.2. The summed E-state index contributed by atoms with van der Waals surface area (Å²) in [6, 6.07) is 5.73. The molecule has 182 valence electrons. The first kappa shape index (κ1) is 27.5. The van der Waals surface area contributed by atoms with Crippen molar-refractivity contribution in [2.24, 2.45) is 0 Å². The molecule has 0 amide bonds. The molecule has 0 fully saturated rings. The van der Waals surface area contributed by atoms with E-state index in [-0.39, 0.29) is 59.8 Å². The van der Waals surface area contributed by atoms with Crippen LogP contribution in [-0.4, -0.2) is 50.3 Å². The molecule has 0 aliphatic rings. The standard InChI is InChI=1S/C24H24Br2O8/c1-5-31-21(27)15-9-17(23(29)33-7-3)19(25)11-13(15)14-12-20(26)18(24(30)34-8-4)10-16(14)22(28)32-6-2/h9-12H,5-8H2,1-4H3. The number of hydrogen-bond acceptors (Lipinski definition) is 8. The number of benzene rings is 2. The first-order valence-corrected chi connectivity index (χ1v) is 12.1. The van der Waals surface area contributed by atoms with Crippen molar-refractivity contribution < 1.29 is 38.1 Å². The Morgan fingerprint density at radius 1 is 0.529 bits per heavy atom. The lowest BCUT2D eigenvalue weighted by atomic mass is 9.92. The molecule has 0 unspecified atom stereocenters. The Kier molecular flexibility index (Phi) is 10.2. The fourth-order valence-corrected chi connectivity index (χ4v) is 4.09. The fraction of sp³-hybridized carbons (Fsp3) is 0.333. The Balaban J connectivity index is 2.86. The smallest absolute Gasteiger partial charge is 0.339 e. The second kappa shape index (κ2) is 12.7. The minimum Gasteiger partial charge on any atom is -0.462 e. The molecule has 0 heterocycles. The maximum Gasteiger partial charge on any atom is 0.339 e. The van der Waals surface area contributed by atoms with Crippen molar-refractivity contribution in [1.82, 2.24) is 0 Å². The van der Waals surface area contributed by atoms with E-state index in [1.54, 1.807) is 27.7 Å². The fourth-order valence-electron chi connectivity index (χ4n) is 3.08. The molecule has 0 saturated carbocycles. The van der Waals surface area contributed by atoms with Crippen LogP contribution in [0.15, 0.2) is 33.2 Å². The Bertz CT molecular complexity index is 1020. The molecule has 2 aromatic carbocycles. The Morgan fingerprint density at radius 3 is 1.06 bits per heavy atom. The monoisotopic (exact) mass is 598 g/mol. The summed E-state index contributed by atoms with van der Waals surface area (Å²) >= 11 is 6.70. The molecule has 0 atom stereocenters. The van der Waals surface area contributed by atoms with E-state index in [4.69, 9.17) is 18.9 Å². The SMILES string of the molecule is CCOC(=O)c1cc(C(=O)OCC)c(-c2cc(Br)c(C(=O)OCC)cc2C(=O)OCC)cc1Br. The largest absolute Gasteiger partial charge is 0.462 e. The van der Waals surface area contributed by atoms with E-state index in [1.807, 2.05) is 0 Å². The highest BCUT2D eigenvalue weighted by atomic mass is 79.9. The molecule has 0 radical (unpaired) electrons. The molecule has 2 aromatic rings. The second-order valence-electron chi connectivity index (χ2n) is 6.64. The van der Waals surface area contributed by atoms with Gasteiger partial charge in [-0.15, -0.1) is 0 Å². The van der Waals surface area contributed by atoms with E-state index in [1.165, 1.54) is 24.3 Å². The minimum atomic E-state index is -0.698. The van der Waals surface area contributed by atoms with Gasteiger partial charge in [0.05, 0.1) is 48.7 Å². The third-order valence-electron chi connectivity index (χ3n) is 4.49. The van der Waals surface area contributed by atoms with Crippen LogP contribution in [0.1, 0.15) is 69.1 Å². The molecule has 0 bridgehead atoms. The van der Waals surface area contributed by atoms with Crippen molar-refractivity contribution in [2.75, 3.05) is 26.4 Å². The van der Waals surface area contributed by atoms with Gasteiger partial charge in [-0.25, -0.2) is 19.2 Å². The van der Waals surface area contributed by atoms with Gasteiger partial charge in [0.2, 0.25) is 0 Å². The van der Waals surface area contributed by atoms with Crippen LogP contribution in [0.3, 0.4) is 0 Å². The summed E-state index contributed by atoms with van der Waals surface area (Å²) in [6.07, 6.45) is 0. The zero-order chi connectivity index (χ0) is 25.4. The molecular formula is C24H24Br2O8. The zero-order valence-electron chi connectivity index (χ0n) is 19.2. The summed E-state index contributed by atoms with van der Waals surface area (Å²) in [4.78, 5) is 50.5. The van der Waals surface area contributed by atoms with Crippen molar-refractivity contribution in [1.29, 1.82) is 0 Å². The molecule has 0 N–H and O–H groups in total. The number of esters is 4. The van der Waals surface area contributed by atoms with E-state index in [9.17, 15) is 19.2 Å². The first-order valence-electron chi connectivity index (χ1n) is 10.6. The molecule has 34 heavy (non-hydrogen) atoms. The summed E-state index contributed by atoms with van der Waals surface area (Å²) in [5.41, 5.74) is 0.890. The molecular weight excluding hydrogens is 576 g/mol. The van der Waals surface area contributed by atoms with Gasteiger partial charge in [0.25, 0.3) is 0 Å². The van der Waals surface area contributed by atoms with Crippen LogP contribution in [0.5, 0.6) is 0 Å². The van der Waals surface area contributed by atoms with Crippen LogP contribution in [0, 0.1) is 0 Å². The van der Waals surface area contributed by atoms with Crippen LogP contribution in [0.2, 0.25) is 0 Å². The summed E-state index contributed by atoms with van der Waals surface area (Å²) < 4.78 is 21.2. The average molecular weight is 600 g/mol. The van der Waals surface area contributed by atoms with Crippen molar-refractivity contribution in [3.8, 4) is 11.1 Å². The summed E-state index contributed by atoms with van der Waals surface area (Å²) in [6.45, 7) is 7.13. The van der Waals surface area contributed by atoms with Crippen LogP contribution < -0.4 is 0 Å². The van der Waals surface area contributed by atoms with Gasteiger partial charge in [-0.3, -0.25) is 0 Å². The highest BCUT2D eigenvalue weighted by Crippen LogP contribution is 2.36. The number of carbonyl (C=O) groups excluding carboxylic acids is 4. The van der Waals surface area contributed by atoms with Crippen molar-refractivity contribution >= 4 is 55.7 Å². The number of rotatable bonds is 9. The van der Waals surface area contributed by atoms with Crippen molar-refractivity contribution in [3.63, 3.8) is 0 Å². The normalized spacial score (nSPS) is 10.4. The van der Waals surface area contributed by atoms with E-state index >= 15 is 0 Å². The molecule has 10 heteroatoms.